The van der Waals surface area contributed by atoms with Gasteiger partial charge in [-0.15, -0.1) is 6.42 Å². The van der Waals surface area contributed by atoms with Crippen LogP contribution in [-0.2, 0) is 9.53 Å². The summed E-state index contributed by atoms with van der Waals surface area (Å²) in [6, 6.07) is 9.24. The molecule has 6 atom stereocenters. The van der Waals surface area contributed by atoms with Gasteiger partial charge in [-0.05, 0) is 79.4 Å². The highest BCUT2D eigenvalue weighted by molar-refractivity contribution is 5.89. The van der Waals surface area contributed by atoms with E-state index in [2.05, 4.69) is 25.8 Å². The summed E-state index contributed by atoms with van der Waals surface area (Å²) in [5, 5.41) is 10.3. The van der Waals surface area contributed by atoms with Crippen LogP contribution in [0.25, 0.3) is 0 Å². The summed E-state index contributed by atoms with van der Waals surface area (Å²) in [4.78, 5) is 27.0. The topological polar surface area (TPSA) is 66.8 Å². The molecule has 1 aromatic rings. The van der Waals surface area contributed by atoms with Gasteiger partial charge in [0, 0.05) is 24.5 Å². The number of nitrogens with zero attached hydrogens (tertiary/aromatic N) is 1. The van der Waals surface area contributed by atoms with Crippen molar-refractivity contribution in [2.45, 2.75) is 71.8 Å². The molecule has 5 heteroatoms. The summed E-state index contributed by atoms with van der Waals surface area (Å²) in [6.45, 7) is 6.50. The molecule has 0 saturated heterocycles. The van der Waals surface area contributed by atoms with E-state index in [1.807, 2.05) is 18.2 Å². The number of aliphatic hydroxyl groups is 1. The number of allylic oxidation sites excluding steroid dienone is 2. The standard InChI is InChI=1S/C32H39NO4/c1-5-17-33(21(2)35)29-23(20-34)18-28-26-12-11-24-19-25(37-30(36)22-9-7-6-8-10-22)13-15-31(24,3)27(26)14-16-32(28,29)4/h1,6-11,25-28,34H,12-20H2,2-4H3/t25-,26+,27-,28-,31-,32-/m0/s1. The number of terminal acetylenes is 1. The van der Waals surface area contributed by atoms with Crippen LogP contribution in [-0.4, -0.2) is 41.1 Å². The van der Waals surface area contributed by atoms with Crippen molar-refractivity contribution in [3.05, 3.63) is 58.8 Å². The molecule has 0 aliphatic heterocycles. The molecule has 1 N–H and O–H groups in total. The highest BCUT2D eigenvalue weighted by Gasteiger charge is 2.59. The fraction of sp³-hybridized carbons (Fsp3) is 0.562. The van der Waals surface area contributed by atoms with Crippen LogP contribution in [0.2, 0.25) is 0 Å². The Morgan fingerprint density at radius 1 is 1.11 bits per heavy atom. The third-order valence-corrected chi connectivity index (χ3v) is 10.2. The molecule has 0 aromatic heterocycles. The lowest BCUT2D eigenvalue weighted by molar-refractivity contribution is -0.128. The maximum absolute atomic E-state index is 12.7. The molecule has 0 heterocycles. The maximum Gasteiger partial charge on any atom is 0.338 e. The normalized spacial score (nSPS) is 34.4. The molecule has 4 aliphatic carbocycles. The van der Waals surface area contributed by atoms with Gasteiger partial charge in [0.25, 0.3) is 0 Å². The van der Waals surface area contributed by atoms with Gasteiger partial charge in [0.05, 0.1) is 18.7 Å². The maximum atomic E-state index is 12.7. The van der Waals surface area contributed by atoms with Crippen molar-refractivity contribution in [1.29, 1.82) is 0 Å². The third kappa shape index (κ3) is 4.24. The lowest BCUT2D eigenvalue weighted by atomic mass is 9.47. The van der Waals surface area contributed by atoms with Gasteiger partial charge >= 0.3 is 5.97 Å². The fourth-order valence-electron chi connectivity index (χ4n) is 8.36. The molecule has 2 saturated carbocycles. The Morgan fingerprint density at radius 3 is 2.51 bits per heavy atom. The zero-order valence-electron chi connectivity index (χ0n) is 22.3. The molecule has 1 amide bonds. The van der Waals surface area contributed by atoms with Crippen LogP contribution in [0.15, 0.2) is 53.3 Å². The Balaban J connectivity index is 1.37. The molecular weight excluding hydrogens is 462 g/mol. The average molecular weight is 502 g/mol. The molecule has 0 unspecified atom stereocenters. The first kappa shape index (κ1) is 25.8. The number of hydrogen-bond donors (Lipinski definition) is 1. The third-order valence-electron chi connectivity index (χ3n) is 10.2. The summed E-state index contributed by atoms with van der Waals surface area (Å²) in [7, 11) is 0. The summed E-state index contributed by atoms with van der Waals surface area (Å²) in [6.07, 6.45) is 14.6. The van der Waals surface area contributed by atoms with Crippen molar-refractivity contribution < 1.29 is 19.4 Å². The molecule has 0 bridgehead atoms. The quantitative estimate of drug-likeness (QED) is 0.328. The lowest BCUT2D eigenvalue weighted by Crippen LogP contribution is -2.51. The highest BCUT2D eigenvalue weighted by atomic mass is 16.5. The number of aliphatic hydroxyl groups excluding tert-OH is 1. The van der Waals surface area contributed by atoms with E-state index in [0.29, 0.717) is 23.3 Å². The van der Waals surface area contributed by atoms with Crippen molar-refractivity contribution in [2.24, 2.45) is 28.6 Å². The lowest BCUT2D eigenvalue weighted by Gasteiger charge is -2.58. The molecule has 0 spiro atoms. The first-order valence-corrected chi connectivity index (χ1v) is 13.7. The van der Waals surface area contributed by atoms with E-state index in [1.165, 1.54) is 5.57 Å². The van der Waals surface area contributed by atoms with Crippen LogP contribution in [0.4, 0.5) is 0 Å². The minimum Gasteiger partial charge on any atom is -0.458 e. The van der Waals surface area contributed by atoms with E-state index in [0.717, 1.165) is 56.2 Å². The zero-order chi connectivity index (χ0) is 26.4. The summed E-state index contributed by atoms with van der Waals surface area (Å²) < 4.78 is 5.94. The van der Waals surface area contributed by atoms with Gasteiger partial charge in [0.2, 0.25) is 5.91 Å². The SMILES string of the molecule is C#CCN(C(C)=O)C1=C(CO)C[C@H]2[C@@H]3CC=C4C[C@@H](OC(=O)c5ccccc5)CC[C@]4(C)[C@H]3CC[C@]12C. The highest BCUT2D eigenvalue weighted by Crippen LogP contribution is 2.66. The predicted molar refractivity (Wildman–Crippen MR) is 143 cm³/mol. The second kappa shape index (κ2) is 9.80. The van der Waals surface area contributed by atoms with Gasteiger partial charge in [0.1, 0.15) is 6.10 Å². The number of amides is 1. The van der Waals surface area contributed by atoms with Crippen molar-refractivity contribution in [3.63, 3.8) is 0 Å². The Kier molecular flexibility index (Phi) is 6.83. The van der Waals surface area contributed by atoms with E-state index >= 15 is 0 Å². The second-order valence-corrected chi connectivity index (χ2v) is 12.0. The molecule has 0 radical (unpaired) electrons. The molecule has 1 aromatic carbocycles. The minimum atomic E-state index is -0.236. The van der Waals surface area contributed by atoms with Crippen molar-refractivity contribution in [3.8, 4) is 12.3 Å². The predicted octanol–water partition coefficient (Wildman–Crippen LogP) is 5.51. The van der Waals surface area contributed by atoms with Crippen molar-refractivity contribution in [2.75, 3.05) is 13.2 Å². The minimum absolute atomic E-state index is 0.0278. The first-order chi connectivity index (χ1) is 17.7. The summed E-state index contributed by atoms with van der Waals surface area (Å²) >= 11 is 0. The number of carbonyl (C=O) groups excluding carboxylic acids is 2. The number of rotatable bonds is 5. The van der Waals surface area contributed by atoms with Gasteiger partial charge in [-0.25, -0.2) is 4.79 Å². The average Bonchev–Trinajstić information content (AvgIpc) is 3.20. The zero-order valence-corrected chi connectivity index (χ0v) is 22.3. The van der Waals surface area contributed by atoms with E-state index in [-0.39, 0.29) is 42.0 Å². The monoisotopic (exact) mass is 501 g/mol. The number of esters is 1. The van der Waals surface area contributed by atoms with Crippen LogP contribution >= 0.6 is 0 Å². The van der Waals surface area contributed by atoms with Crippen LogP contribution in [0.5, 0.6) is 0 Å². The van der Waals surface area contributed by atoms with Crippen LogP contribution in [0, 0.1) is 40.9 Å². The summed E-state index contributed by atoms with van der Waals surface area (Å²) in [5.74, 6) is 3.79. The molecular formula is C32H39NO4. The summed E-state index contributed by atoms with van der Waals surface area (Å²) in [5.41, 5.74) is 3.96. The number of benzene rings is 1. The Morgan fingerprint density at radius 2 is 1.84 bits per heavy atom. The molecule has 37 heavy (non-hydrogen) atoms. The second-order valence-electron chi connectivity index (χ2n) is 12.0. The number of fused-ring (bicyclic) bond motifs is 5. The largest absolute Gasteiger partial charge is 0.458 e. The number of ether oxygens (including phenoxy) is 1. The van der Waals surface area contributed by atoms with E-state index in [1.54, 1.807) is 24.0 Å². The number of hydrogen-bond acceptors (Lipinski definition) is 4. The first-order valence-electron chi connectivity index (χ1n) is 13.7. The van der Waals surface area contributed by atoms with Crippen LogP contribution in [0.1, 0.15) is 76.1 Å². The van der Waals surface area contributed by atoms with Gasteiger partial charge in [-0.3, -0.25) is 4.79 Å². The fourth-order valence-corrected chi connectivity index (χ4v) is 8.36. The molecule has 4 aliphatic rings. The van der Waals surface area contributed by atoms with E-state index < -0.39 is 0 Å². The Hall–Kier alpha value is -2.84. The smallest absolute Gasteiger partial charge is 0.338 e. The van der Waals surface area contributed by atoms with Gasteiger partial charge < -0.3 is 14.7 Å². The molecule has 5 rings (SSSR count). The molecule has 196 valence electrons. The van der Waals surface area contributed by atoms with Gasteiger partial charge in [-0.1, -0.05) is 49.6 Å². The van der Waals surface area contributed by atoms with E-state index in [4.69, 9.17) is 11.2 Å². The van der Waals surface area contributed by atoms with Gasteiger partial charge in [-0.2, -0.15) is 0 Å². The van der Waals surface area contributed by atoms with Crippen molar-refractivity contribution in [1.82, 2.24) is 4.90 Å². The Bertz CT molecular complexity index is 1180. The number of carbonyl (C=O) groups is 2. The Labute approximate surface area is 221 Å². The van der Waals surface area contributed by atoms with Crippen molar-refractivity contribution >= 4 is 11.9 Å². The van der Waals surface area contributed by atoms with Crippen LogP contribution in [0.3, 0.4) is 0 Å². The molecule has 2 fully saturated rings. The molecule has 5 nitrogen and oxygen atoms in total. The van der Waals surface area contributed by atoms with E-state index in [9.17, 15) is 14.7 Å². The van der Waals surface area contributed by atoms with Gasteiger partial charge in [0.15, 0.2) is 0 Å². The van der Waals surface area contributed by atoms with Crippen LogP contribution < -0.4 is 0 Å².